The minimum atomic E-state index is -0.217. The van der Waals surface area contributed by atoms with Crippen LogP contribution in [0.3, 0.4) is 0 Å². The molecule has 0 saturated carbocycles. The van der Waals surface area contributed by atoms with E-state index in [4.69, 9.17) is 0 Å². The predicted molar refractivity (Wildman–Crippen MR) is 113 cm³/mol. The fourth-order valence-corrected chi connectivity index (χ4v) is 2.54. The third-order valence-electron chi connectivity index (χ3n) is 3.80. The van der Waals surface area contributed by atoms with Crippen LogP contribution in [-0.2, 0) is 19.5 Å². The Kier molecular flexibility index (Phi) is 10.2. The van der Waals surface area contributed by atoms with Gasteiger partial charge in [-0.1, -0.05) is 26.0 Å². The standard InChI is InChI=1S/C18H27FN6.HI/c1-4-9-20-18(21-10-11-25-14-22-23-17(25)5-2)24(3)13-15-7-6-8-16(19)12-15;/h6-8,12,14H,4-5,9-11,13H2,1-3H3,(H,20,21);1H. The maximum absolute atomic E-state index is 13.4. The fraction of sp³-hybridized carbons (Fsp3) is 0.500. The summed E-state index contributed by atoms with van der Waals surface area (Å²) in [5.74, 6) is 1.57. The first-order chi connectivity index (χ1) is 12.1. The van der Waals surface area contributed by atoms with Gasteiger partial charge in [-0.25, -0.2) is 4.39 Å². The summed E-state index contributed by atoms with van der Waals surface area (Å²) in [6, 6.07) is 6.66. The number of nitrogens with one attached hydrogen (secondary N) is 1. The summed E-state index contributed by atoms with van der Waals surface area (Å²) in [6.45, 7) is 7.01. The summed E-state index contributed by atoms with van der Waals surface area (Å²) in [5, 5.41) is 11.4. The van der Waals surface area contributed by atoms with E-state index in [-0.39, 0.29) is 29.8 Å². The van der Waals surface area contributed by atoms with Crippen LogP contribution in [0.1, 0.15) is 31.7 Å². The zero-order valence-electron chi connectivity index (χ0n) is 15.7. The summed E-state index contributed by atoms with van der Waals surface area (Å²) in [7, 11) is 1.96. The van der Waals surface area contributed by atoms with Gasteiger partial charge < -0.3 is 14.8 Å². The third-order valence-corrected chi connectivity index (χ3v) is 3.80. The first-order valence-electron chi connectivity index (χ1n) is 8.74. The number of hydrogen-bond donors (Lipinski definition) is 1. The second-order valence-corrected chi connectivity index (χ2v) is 5.91. The molecule has 0 fully saturated rings. The Hall–Kier alpha value is -1.71. The molecule has 0 aliphatic heterocycles. The van der Waals surface area contributed by atoms with Crippen LogP contribution in [0.2, 0.25) is 0 Å². The average molecular weight is 474 g/mol. The number of aromatic nitrogens is 3. The maximum Gasteiger partial charge on any atom is 0.194 e. The molecule has 2 rings (SSSR count). The summed E-state index contributed by atoms with van der Waals surface area (Å²) in [6.07, 6.45) is 3.58. The van der Waals surface area contributed by atoms with Gasteiger partial charge in [0.25, 0.3) is 0 Å². The second-order valence-electron chi connectivity index (χ2n) is 5.91. The minimum absolute atomic E-state index is 0. The molecule has 0 amide bonds. The van der Waals surface area contributed by atoms with Gasteiger partial charge in [-0.05, 0) is 24.1 Å². The molecular weight excluding hydrogens is 446 g/mol. The van der Waals surface area contributed by atoms with Crippen molar-refractivity contribution in [3.05, 3.63) is 47.8 Å². The molecule has 1 N–H and O–H groups in total. The van der Waals surface area contributed by atoms with Crippen molar-refractivity contribution in [3.8, 4) is 0 Å². The zero-order chi connectivity index (χ0) is 18.1. The molecule has 0 atom stereocenters. The molecule has 26 heavy (non-hydrogen) atoms. The molecule has 0 saturated heterocycles. The number of aliphatic imine (C=N–C) groups is 1. The van der Waals surface area contributed by atoms with E-state index in [1.165, 1.54) is 6.07 Å². The zero-order valence-corrected chi connectivity index (χ0v) is 18.0. The van der Waals surface area contributed by atoms with Gasteiger partial charge in [-0.15, -0.1) is 34.2 Å². The van der Waals surface area contributed by atoms with Gasteiger partial charge >= 0.3 is 0 Å². The first-order valence-corrected chi connectivity index (χ1v) is 8.74. The van der Waals surface area contributed by atoms with E-state index >= 15 is 0 Å². The van der Waals surface area contributed by atoms with Crippen molar-refractivity contribution in [1.29, 1.82) is 0 Å². The van der Waals surface area contributed by atoms with Gasteiger partial charge in [-0.3, -0.25) is 4.99 Å². The molecule has 0 unspecified atom stereocenters. The highest BCUT2D eigenvalue weighted by Crippen LogP contribution is 2.06. The first kappa shape index (κ1) is 22.3. The molecule has 1 heterocycles. The van der Waals surface area contributed by atoms with Crippen LogP contribution in [0.15, 0.2) is 35.6 Å². The normalized spacial score (nSPS) is 11.2. The molecule has 6 nitrogen and oxygen atoms in total. The fourth-order valence-electron chi connectivity index (χ4n) is 2.54. The SMILES string of the molecule is CCCN=C(NCCn1cnnc1CC)N(C)Cc1cccc(F)c1.I. The van der Waals surface area contributed by atoms with E-state index in [2.05, 4.69) is 34.4 Å². The highest BCUT2D eigenvalue weighted by molar-refractivity contribution is 14.0. The summed E-state index contributed by atoms with van der Waals surface area (Å²) in [4.78, 5) is 6.63. The highest BCUT2D eigenvalue weighted by Gasteiger charge is 2.08. The Morgan fingerprint density at radius 1 is 1.35 bits per heavy atom. The number of aryl methyl sites for hydroxylation is 1. The van der Waals surface area contributed by atoms with E-state index in [0.29, 0.717) is 6.54 Å². The maximum atomic E-state index is 13.4. The molecule has 144 valence electrons. The van der Waals surface area contributed by atoms with Gasteiger partial charge in [0.05, 0.1) is 0 Å². The van der Waals surface area contributed by atoms with Crippen molar-refractivity contribution in [2.24, 2.45) is 4.99 Å². The van der Waals surface area contributed by atoms with Crippen molar-refractivity contribution in [2.75, 3.05) is 20.1 Å². The summed E-state index contributed by atoms with van der Waals surface area (Å²) in [5.41, 5.74) is 0.917. The van der Waals surface area contributed by atoms with Crippen molar-refractivity contribution in [1.82, 2.24) is 25.0 Å². The van der Waals surface area contributed by atoms with Gasteiger partial charge in [0.15, 0.2) is 5.96 Å². The van der Waals surface area contributed by atoms with Gasteiger partial charge in [-0.2, -0.15) is 0 Å². The average Bonchev–Trinajstić information content (AvgIpc) is 3.05. The van der Waals surface area contributed by atoms with Crippen molar-refractivity contribution in [2.45, 2.75) is 39.8 Å². The smallest absolute Gasteiger partial charge is 0.194 e. The van der Waals surface area contributed by atoms with Crippen LogP contribution in [0.4, 0.5) is 4.39 Å². The predicted octanol–water partition coefficient (Wildman–Crippen LogP) is 3.09. The number of halogens is 2. The number of hydrogen-bond acceptors (Lipinski definition) is 3. The Labute approximate surface area is 171 Å². The Bertz CT molecular complexity index is 688. The van der Waals surface area contributed by atoms with E-state index in [1.807, 2.05) is 22.6 Å². The van der Waals surface area contributed by atoms with Crippen LogP contribution in [0.25, 0.3) is 0 Å². The van der Waals surface area contributed by atoms with Gasteiger partial charge in [0.2, 0.25) is 0 Å². The lowest BCUT2D eigenvalue weighted by atomic mass is 10.2. The van der Waals surface area contributed by atoms with Crippen LogP contribution in [0.5, 0.6) is 0 Å². The molecule has 0 aliphatic rings. The Morgan fingerprint density at radius 3 is 2.85 bits per heavy atom. The van der Waals surface area contributed by atoms with Crippen LogP contribution in [-0.4, -0.2) is 45.8 Å². The molecule has 2 aromatic rings. The van der Waals surface area contributed by atoms with Crippen LogP contribution in [0, 0.1) is 5.82 Å². The molecular formula is C18H28FIN6. The monoisotopic (exact) mass is 474 g/mol. The Morgan fingerprint density at radius 2 is 2.15 bits per heavy atom. The van der Waals surface area contributed by atoms with Gasteiger partial charge in [0.1, 0.15) is 18.0 Å². The second kappa shape index (κ2) is 11.8. The molecule has 0 spiro atoms. The van der Waals surface area contributed by atoms with Crippen molar-refractivity contribution >= 4 is 29.9 Å². The molecule has 0 radical (unpaired) electrons. The minimum Gasteiger partial charge on any atom is -0.354 e. The van der Waals surface area contributed by atoms with E-state index < -0.39 is 0 Å². The molecule has 0 aliphatic carbocycles. The Balaban J connectivity index is 0.00000338. The summed E-state index contributed by atoms with van der Waals surface area (Å²) < 4.78 is 15.4. The molecule has 8 heteroatoms. The van der Waals surface area contributed by atoms with Crippen LogP contribution < -0.4 is 5.32 Å². The van der Waals surface area contributed by atoms with E-state index in [0.717, 1.165) is 49.8 Å². The number of guanidine groups is 1. The van der Waals surface area contributed by atoms with Crippen molar-refractivity contribution in [3.63, 3.8) is 0 Å². The number of nitrogens with zero attached hydrogens (tertiary/aromatic N) is 5. The third kappa shape index (κ3) is 6.89. The lowest BCUT2D eigenvalue weighted by molar-refractivity contribution is 0.468. The van der Waals surface area contributed by atoms with Crippen molar-refractivity contribution < 1.29 is 4.39 Å². The lowest BCUT2D eigenvalue weighted by Gasteiger charge is -2.23. The van der Waals surface area contributed by atoms with Gasteiger partial charge in [0, 0.05) is 39.6 Å². The largest absolute Gasteiger partial charge is 0.354 e. The highest BCUT2D eigenvalue weighted by atomic mass is 127. The van der Waals surface area contributed by atoms with E-state index in [9.17, 15) is 4.39 Å². The van der Waals surface area contributed by atoms with E-state index in [1.54, 1.807) is 18.5 Å². The molecule has 1 aromatic carbocycles. The number of rotatable bonds is 8. The molecule has 1 aromatic heterocycles. The van der Waals surface area contributed by atoms with Crippen LogP contribution >= 0.6 is 24.0 Å². The lowest BCUT2D eigenvalue weighted by Crippen LogP contribution is -2.40. The summed E-state index contributed by atoms with van der Waals surface area (Å²) >= 11 is 0. The quantitative estimate of drug-likeness (QED) is 0.363. The molecule has 0 bridgehead atoms. The topological polar surface area (TPSA) is 58.3 Å². The number of benzene rings is 1.